The molecule has 2 N–H and O–H groups in total. The molecule has 178 valence electrons. The van der Waals surface area contributed by atoms with Crippen molar-refractivity contribution in [2.45, 2.75) is 45.1 Å². The SMILES string of the molecule is CN=C(NCC1CCN(Cc2ccc(OC)cc2)CC1)NCC1(C(=O)N(C)C)CCCC1. The molecule has 1 aromatic carbocycles. The van der Waals surface area contributed by atoms with E-state index in [0.29, 0.717) is 12.5 Å². The minimum atomic E-state index is -0.284. The van der Waals surface area contributed by atoms with Crippen LogP contribution in [0, 0.1) is 11.3 Å². The lowest BCUT2D eigenvalue weighted by molar-refractivity contribution is -0.138. The fraction of sp³-hybridized carbons (Fsp3) is 0.680. The highest BCUT2D eigenvalue weighted by Gasteiger charge is 2.42. The summed E-state index contributed by atoms with van der Waals surface area (Å²) in [5.74, 6) is 2.60. The first-order chi connectivity index (χ1) is 15.5. The number of carbonyl (C=O) groups excluding carboxylic acids is 1. The molecule has 2 aliphatic rings. The van der Waals surface area contributed by atoms with Crippen LogP contribution in [0.1, 0.15) is 44.1 Å². The third-order valence-electron chi connectivity index (χ3n) is 7.07. The predicted molar refractivity (Wildman–Crippen MR) is 130 cm³/mol. The van der Waals surface area contributed by atoms with Gasteiger partial charge in [-0.15, -0.1) is 0 Å². The number of nitrogens with one attached hydrogen (secondary N) is 2. The van der Waals surface area contributed by atoms with Gasteiger partial charge in [0.15, 0.2) is 5.96 Å². The number of hydrogen-bond donors (Lipinski definition) is 2. The first kappa shape index (κ1) is 24.4. The van der Waals surface area contributed by atoms with Crippen molar-refractivity contribution in [3.63, 3.8) is 0 Å². The van der Waals surface area contributed by atoms with Gasteiger partial charge in [0.1, 0.15) is 5.75 Å². The van der Waals surface area contributed by atoms with Crippen molar-refractivity contribution in [1.82, 2.24) is 20.4 Å². The van der Waals surface area contributed by atoms with E-state index in [-0.39, 0.29) is 11.3 Å². The summed E-state index contributed by atoms with van der Waals surface area (Å²) in [5, 5.41) is 6.96. The molecule has 1 amide bonds. The molecule has 2 fully saturated rings. The number of methoxy groups -OCH3 is 1. The van der Waals surface area contributed by atoms with Gasteiger partial charge >= 0.3 is 0 Å². The van der Waals surface area contributed by atoms with Crippen molar-refractivity contribution in [2.24, 2.45) is 16.3 Å². The van der Waals surface area contributed by atoms with Crippen LogP contribution in [0.5, 0.6) is 5.75 Å². The molecule has 0 bridgehead atoms. The molecule has 1 aromatic rings. The number of guanidine groups is 1. The quantitative estimate of drug-likeness (QED) is 0.478. The zero-order valence-electron chi connectivity index (χ0n) is 20.3. The lowest BCUT2D eigenvalue weighted by atomic mass is 9.84. The number of aliphatic imine (C=N–C) groups is 1. The number of likely N-dealkylation sites (tertiary alicyclic amines) is 1. The average Bonchev–Trinajstić information content (AvgIpc) is 3.30. The van der Waals surface area contributed by atoms with Crippen molar-refractivity contribution in [3.8, 4) is 5.75 Å². The van der Waals surface area contributed by atoms with Gasteiger partial charge in [0.25, 0.3) is 0 Å². The van der Waals surface area contributed by atoms with Gasteiger partial charge in [-0.05, 0) is 62.4 Å². The second-order valence-corrected chi connectivity index (χ2v) is 9.56. The van der Waals surface area contributed by atoms with E-state index < -0.39 is 0 Å². The second-order valence-electron chi connectivity index (χ2n) is 9.56. The van der Waals surface area contributed by atoms with Crippen LogP contribution in [0.15, 0.2) is 29.3 Å². The zero-order valence-corrected chi connectivity index (χ0v) is 20.3. The number of amides is 1. The maximum absolute atomic E-state index is 12.8. The minimum Gasteiger partial charge on any atom is -0.497 e. The Bertz CT molecular complexity index is 748. The van der Waals surface area contributed by atoms with Crippen LogP contribution in [-0.2, 0) is 11.3 Å². The highest BCUT2D eigenvalue weighted by Crippen LogP contribution is 2.38. The van der Waals surface area contributed by atoms with E-state index in [1.165, 1.54) is 18.4 Å². The Kier molecular flexibility index (Phi) is 8.79. The van der Waals surface area contributed by atoms with Gasteiger partial charge in [0, 0.05) is 40.8 Å². The number of benzene rings is 1. The highest BCUT2D eigenvalue weighted by molar-refractivity contribution is 5.85. The number of rotatable bonds is 8. The van der Waals surface area contributed by atoms with Crippen LogP contribution in [0.25, 0.3) is 0 Å². The Balaban J connectivity index is 1.40. The van der Waals surface area contributed by atoms with Crippen LogP contribution >= 0.6 is 0 Å². The molecule has 3 rings (SSSR count). The maximum Gasteiger partial charge on any atom is 0.230 e. The molecule has 1 aliphatic heterocycles. The summed E-state index contributed by atoms with van der Waals surface area (Å²) in [7, 11) is 7.23. The number of ether oxygens (including phenoxy) is 1. The smallest absolute Gasteiger partial charge is 0.230 e. The maximum atomic E-state index is 12.8. The van der Waals surface area contributed by atoms with E-state index >= 15 is 0 Å². The van der Waals surface area contributed by atoms with Crippen molar-refractivity contribution in [2.75, 3.05) is 54.4 Å². The lowest BCUT2D eigenvalue weighted by Gasteiger charge is -2.33. The molecule has 0 spiro atoms. The molecule has 32 heavy (non-hydrogen) atoms. The summed E-state index contributed by atoms with van der Waals surface area (Å²) in [6, 6.07) is 8.37. The van der Waals surface area contributed by atoms with E-state index in [2.05, 4.69) is 32.7 Å². The molecule has 7 nitrogen and oxygen atoms in total. The van der Waals surface area contributed by atoms with Gasteiger partial charge in [-0.3, -0.25) is 14.7 Å². The Morgan fingerprint density at radius 2 is 1.81 bits per heavy atom. The van der Waals surface area contributed by atoms with Crippen molar-refractivity contribution in [3.05, 3.63) is 29.8 Å². The third-order valence-corrected chi connectivity index (χ3v) is 7.07. The molecule has 1 saturated heterocycles. The Hall–Kier alpha value is -2.28. The summed E-state index contributed by atoms with van der Waals surface area (Å²) >= 11 is 0. The summed E-state index contributed by atoms with van der Waals surface area (Å²) in [4.78, 5) is 21.5. The fourth-order valence-corrected chi connectivity index (χ4v) is 5.04. The van der Waals surface area contributed by atoms with E-state index in [9.17, 15) is 4.79 Å². The number of hydrogen-bond acceptors (Lipinski definition) is 4. The molecule has 0 aromatic heterocycles. The van der Waals surface area contributed by atoms with Crippen LogP contribution in [0.4, 0.5) is 0 Å². The fourth-order valence-electron chi connectivity index (χ4n) is 5.04. The van der Waals surface area contributed by atoms with Gasteiger partial charge in [-0.25, -0.2) is 0 Å². The number of carbonyl (C=O) groups is 1. The van der Waals surface area contributed by atoms with Gasteiger partial charge in [-0.1, -0.05) is 25.0 Å². The molecule has 1 aliphatic carbocycles. The van der Waals surface area contributed by atoms with E-state index in [1.54, 1.807) is 12.0 Å². The van der Waals surface area contributed by atoms with Crippen LogP contribution in [0.2, 0.25) is 0 Å². The predicted octanol–water partition coefficient (Wildman–Crippen LogP) is 2.72. The summed E-state index contributed by atoms with van der Waals surface area (Å²) < 4.78 is 5.25. The van der Waals surface area contributed by atoms with E-state index in [0.717, 1.165) is 63.6 Å². The summed E-state index contributed by atoms with van der Waals surface area (Å²) in [6.45, 7) is 4.81. The Morgan fingerprint density at radius 3 is 2.38 bits per heavy atom. The van der Waals surface area contributed by atoms with Crippen molar-refractivity contribution in [1.29, 1.82) is 0 Å². The molecule has 1 heterocycles. The van der Waals surface area contributed by atoms with Gasteiger partial charge in [-0.2, -0.15) is 0 Å². The zero-order chi connectivity index (χ0) is 23.0. The van der Waals surface area contributed by atoms with Crippen molar-refractivity contribution < 1.29 is 9.53 Å². The van der Waals surface area contributed by atoms with Gasteiger partial charge in [0.05, 0.1) is 12.5 Å². The summed E-state index contributed by atoms with van der Waals surface area (Å²) in [5.41, 5.74) is 1.05. The van der Waals surface area contributed by atoms with Crippen LogP contribution in [-0.4, -0.2) is 76.1 Å². The van der Waals surface area contributed by atoms with E-state index in [1.807, 2.05) is 33.3 Å². The van der Waals surface area contributed by atoms with Crippen LogP contribution in [0.3, 0.4) is 0 Å². The lowest BCUT2D eigenvalue weighted by Crippen LogP contribution is -2.50. The van der Waals surface area contributed by atoms with Gasteiger partial charge in [0.2, 0.25) is 5.91 Å². The normalized spacial score (nSPS) is 19.6. The standard InChI is InChI=1S/C25H41N5O2/c1-26-24(28-19-25(13-5-6-14-25)23(31)29(2)3)27-17-20-11-15-30(16-12-20)18-21-7-9-22(32-4)10-8-21/h7-10,20H,5-6,11-19H2,1-4H3,(H2,26,27,28). The average molecular weight is 444 g/mol. The monoisotopic (exact) mass is 443 g/mol. The number of nitrogens with zero attached hydrogens (tertiary/aromatic N) is 3. The molecule has 7 heteroatoms. The molecule has 0 atom stereocenters. The van der Waals surface area contributed by atoms with Crippen LogP contribution < -0.4 is 15.4 Å². The molecular weight excluding hydrogens is 402 g/mol. The first-order valence-corrected chi connectivity index (χ1v) is 12.0. The largest absolute Gasteiger partial charge is 0.497 e. The minimum absolute atomic E-state index is 0.238. The Labute approximate surface area is 193 Å². The first-order valence-electron chi connectivity index (χ1n) is 12.0. The topological polar surface area (TPSA) is 69.2 Å². The second kappa shape index (κ2) is 11.5. The number of piperidine rings is 1. The molecule has 0 radical (unpaired) electrons. The Morgan fingerprint density at radius 1 is 1.16 bits per heavy atom. The highest BCUT2D eigenvalue weighted by atomic mass is 16.5. The molecule has 1 saturated carbocycles. The van der Waals surface area contributed by atoms with E-state index in [4.69, 9.17) is 4.74 Å². The van der Waals surface area contributed by atoms with Crippen molar-refractivity contribution >= 4 is 11.9 Å². The summed E-state index contributed by atoms with van der Waals surface area (Å²) in [6.07, 6.45) is 6.54. The van der Waals surface area contributed by atoms with Gasteiger partial charge < -0.3 is 20.3 Å². The molecular formula is C25H41N5O2. The third kappa shape index (κ3) is 6.37. The molecule has 0 unspecified atom stereocenters.